The van der Waals surface area contributed by atoms with Crippen LogP contribution in [0.2, 0.25) is 0 Å². The van der Waals surface area contributed by atoms with Crippen molar-refractivity contribution in [2.24, 2.45) is 10.8 Å². The first-order valence-electron chi connectivity index (χ1n) is 9.96. The number of carbonyl (C=O) groups is 2. The zero-order valence-corrected chi connectivity index (χ0v) is 17.0. The molecule has 0 saturated heterocycles. The molecular formula is C21H32N4O2. The van der Waals surface area contributed by atoms with Crippen LogP contribution in [0.15, 0.2) is 18.5 Å². The van der Waals surface area contributed by atoms with E-state index in [0.717, 1.165) is 44.5 Å². The molecule has 0 bridgehead atoms. The van der Waals surface area contributed by atoms with Crippen LogP contribution in [0, 0.1) is 10.8 Å². The van der Waals surface area contributed by atoms with Crippen molar-refractivity contribution >= 4 is 11.8 Å². The molecule has 6 nitrogen and oxygen atoms in total. The van der Waals surface area contributed by atoms with Crippen LogP contribution in [0.3, 0.4) is 0 Å². The third-order valence-corrected chi connectivity index (χ3v) is 5.51. The minimum Gasteiger partial charge on any atom is -0.350 e. The van der Waals surface area contributed by atoms with Crippen LogP contribution in [0.4, 0.5) is 0 Å². The summed E-state index contributed by atoms with van der Waals surface area (Å²) in [5.41, 5.74) is 0.977. The molecular weight excluding hydrogens is 340 g/mol. The van der Waals surface area contributed by atoms with Gasteiger partial charge in [0.2, 0.25) is 5.91 Å². The van der Waals surface area contributed by atoms with Gasteiger partial charge in [-0.05, 0) is 31.1 Å². The van der Waals surface area contributed by atoms with Gasteiger partial charge in [0.1, 0.15) is 0 Å². The van der Waals surface area contributed by atoms with E-state index < -0.39 is 0 Å². The van der Waals surface area contributed by atoms with Gasteiger partial charge in [-0.25, -0.2) is 4.98 Å². The van der Waals surface area contributed by atoms with E-state index in [9.17, 15) is 9.59 Å². The third kappa shape index (κ3) is 4.42. The Bertz CT molecular complexity index is 744. The number of rotatable bonds is 3. The van der Waals surface area contributed by atoms with Crippen molar-refractivity contribution in [2.75, 3.05) is 13.1 Å². The van der Waals surface area contributed by atoms with E-state index in [0.29, 0.717) is 18.8 Å². The van der Waals surface area contributed by atoms with Gasteiger partial charge in [-0.3, -0.25) is 9.59 Å². The molecule has 1 aromatic rings. The smallest absolute Gasteiger partial charge is 0.271 e. The lowest BCUT2D eigenvalue weighted by Crippen LogP contribution is -2.43. The number of carbonyl (C=O) groups excluding carboxylic acids is 2. The molecule has 6 heteroatoms. The number of aromatic nitrogens is 2. The average Bonchev–Trinajstić information content (AvgIpc) is 2.89. The summed E-state index contributed by atoms with van der Waals surface area (Å²) in [6.45, 7) is 10.9. The van der Waals surface area contributed by atoms with Gasteiger partial charge in [-0.1, -0.05) is 39.8 Å². The number of allylic oxidation sites excluding steroid dienone is 2. The molecule has 0 aromatic carbocycles. The van der Waals surface area contributed by atoms with Crippen molar-refractivity contribution in [1.29, 1.82) is 0 Å². The summed E-state index contributed by atoms with van der Waals surface area (Å²) in [6, 6.07) is 0. The first kappa shape index (κ1) is 19.6. The summed E-state index contributed by atoms with van der Waals surface area (Å²) < 4.78 is 2.03. The third-order valence-electron chi connectivity index (χ3n) is 5.51. The lowest BCUT2D eigenvalue weighted by molar-refractivity contribution is -0.142. The Kier molecular flexibility index (Phi) is 5.45. The molecule has 0 spiro atoms. The Morgan fingerprint density at radius 3 is 2.70 bits per heavy atom. The molecule has 1 atom stereocenters. The largest absolute Gasteiger partial charge is 0.350 e. The maximum absolute atomic E-state index is 13.3. The first-order chi connectivity index (χ1) is 12.7. The SMILES string of the molecule is CC(C)(C)CNC(=O)c1ncn2c1CN(C(=O)C1(C)CC=CCC1)CCC2. The standard InChI is InChI=1S/C21H32N4O2/c1-20(2,3)14-22-18(26)17-16-13-24(11-8-12-25(16)15-23-17)19(27)21(4)9-6-5-7-10-21/h5-6,15H,7-14H2,1-4H3,(H,22,26). The van der Waals surface area contributed by atoms with Crippen LogP contribution in [-0.2, 0) is 17.9 Å². The van der Waals surface area contributed by atoms with Gasteiger partial charge < -0.3 is 14.8 Å². The molecule has 2 heterocycles. The van der Waals surface area contributed by atoms with Gasteiger partial charge >= 0.3 is 0 Å². The number of fused-ring (bicyclic) bond motifs is 1. The first-order valence-corrected chi connectivity index (χ1v) is 9.96. The van der Waals surface area contributed by atoms with Gasteiger partial charge in [0, 0.05) is 19.6 Å². The van der Waals surface area contributed by atoms with Crippen molar-refractivity contribution in [1.82, 2.24) is 19.8 Å². The maximum Gasteiger partial charge on any atom is 0.271 e. The minimum absolute atomic E-state index is 0.0113. The van der Waals surface area contributed by atoms with Crippen LogP contribution in [-0.4, -0.2) is 39.4 Å². The van der Waals surface area contributed by atoms with E-state index >= 15 is 0 Å². The summed E-state index contributed by atoms with van der Waals surface area (Å²) >= 11 is 0. The molecule has 1 unspecified atom stereocenters. The monoisotopic (exact) mass is 372 g/mol. The lowest BCUT2D eigenvalue weighted by Gasteiger charge is -2.35. The van der Waals surface area contributed by atoms with Gasteiger partial charge in [-0.15, -0.1) is 0 Å². The summed E-state index contributed by atoms with van der Waals surface area (Å²) in [7, 11) is 0. The molecule has 1 aromatic heterocycles. The molecule has 1 aliphatic carbocycles. The normalized spacial score (nSPS) is 22.9. The summed E-state index contributed by atoms with van der Waals surface area (Å²) in [5, 5.41) is 2.98. The van der Waals surface area contributed by atoms with Crippen LogP contribution >= 0.6 is 0 Å². The Morgan fingerprint density at radius 1 is 1.26 bits per heavy atom. The average molecular weight is 373 g/mol. The molecule has 1 N–H and O–H groups in total. The number of aryl methyl sites for hydroxylation is 1. The van der Waals surface area contributed by atoms with Crippen molar-refractivity contribution in [2.45, 2.75) is 66.5 Å². The topological polar surface area (TPSA) is 67.2 Å². The van der Waals surface area contributed by atoms with E-state index in [-0.39, 0.29) is 22.6 Å². The fraction of sp³-hybridized carbons (Fsp3) is 0.667. The second-order valence-electron chi connectivity index (χ2n) is 9.33. The van der Waals surface area contributed by atoms with Gasteiger partial charge in [-0.2, -0.15) is 0 Å². The second kappa shape index (κ2) is 7.49. The Labute approximate surface area is 162 Å². The van der Waals surface area contributed by atoms with Gasteiger partial charge in [0.25, 0.3) is 5.91 Å². The summed E-state index contributed by atoms with van der Waals surface area (Å²) in [6.07, 6.45) is 9.52. The molecule has 2 amide bonds. The number of hydrogen-bond acceptors (Lipinski definition) is 3. The second-order valence-corrected chi connectivity index (χ2v) is 9.33. The van der Waals surface area contributed by atoms with Crippen molar-refractivity contribution < 1.29 is 9.59 Å². The van der Waals surface area contributed by atoms with E-state index in [1.807, 2.05) is 9.47 Å². The highest BCUT2D eigenvalue weighted by atomic mass is 16.2. The highest BCUT2D eigenvalue weighted by molar-refractivity contribution is 5.93. The molecule has 0 saturated carbocycles. The van der Waals surface area contributed by atoms with Gasteiger partial charge in [0.05, 0.1) is 24.0 Å². The highest BCUT2D eigenvalue weighted by Crippen LogP contribution is 2.35. The lowest BCUT2D eigenvalue weighted by atomic mass is 9.77. The number of nitrogens with zero attached hydrogens (tertiary/aromatic N) is 3. The maximum atomic E-state index is 13.3. The zero-order chi connectivity index (χ0) is 19.7. The van der Waals surface area contributed by atoms with Crippen molar-refractivity contribution in [3.63, 3.8) is 0 Å². The molecule has 1 aliphatic heterocycles. The van der Waals surface area contributed by atoms with E-state index in [1.165, 1.54) is 0 Å². The van der Waals surface area contributed by atoms with E-state index in [4.69, 9.17) is 0 Å². The fourth-order valence-corrected chi connectivity index (χ4v) is 3.79. The molecule has 3 rings (SSSR count). The summed E-state index contributed by atoms with van der Waals surface area (Å²) in [4.78, 5) is 32.2. The predicted molar refractivity (Wildman–Crippen MR) is 105 cm³/mol. The Balaban J connectivity index is 1.78. The number of nitrogens with one attached hydrogen (secondary N) is 1. The van der Waals surface area contributed by atoms with Crippen molar-refractivity contribution in [3.05, 3.63) is 29.9 Å². The Hall–Kier alpha value is -2.11. The Morgan fingerprint density at radius 2 is 2.04 bits per heavy atom. The number of imidazole rings is 1. The highest BCUT2D eigenvalue weighted by Gasteiger charge is 2.37. The summed E-state index contributed by atoms with van der Waals surface area (Å²) in [5.74, 6) is 0.0438. The molecule has 27 heavy (non-hydrogen) atoms. The number of amides is 2. The van der Waals surface area contributed by atoms with Crippen LogP contribution in [0.5, 0.6) is 0 Å². The van der Waals surface area contributed by atoms with Crippen LogP contribution in [0.25, 0.3) is 0 Å². The van der Waals surface area contributed by atoms with Crippen LogP contribution in [0.1, 0.15) is 69.6 Å². The number of hydrogen-bond donors (Lipinski definition) is 1. The van der Waals surface area contributed by atoms with E-state index in [2.05, 4.69) is 50.1 Å². The molecule has 0 radical (unpaired) electrons. The molecule has 148 valence electrons. The quantitative estimate of drug-likeness (QED) is 0.829. The predicted octanol–water partition coefficient (Wildman–Crippen LogP) is 3.14. The van der Waals surface area contributed by atoms with Crippen LogP contribution < -0.4 is 5.32 Å². The van der Waals surface area contributed by atoms with E-state index in [1.54, 1.807) is 6.33 Å². The van der Waals surface area contributed by atoms with Crippen molar-refractivity contribution in [3.8, 4) is 0 Å². The fourth-order valence-electron chi connectivity index (χ4n) is 3.79. The molecule has 2 aliphatic rings. The van der Waals surface area contributed by atoms with Gasteiger partial charge in [0.15, 0.2) is 5.69 Å². The molecule has 0 fully saturated rings. The zero-order valence-electron chi connectivity index (χ0n) is 17.0. The minimum atomic E-state index is -0.335.